The Morgan fingerprint density at radius 3 is 2.73 bits per heavy atom. The molecule has 0 spiro atoms. The number of carbonyl (C=O) groups excluding carboxylic acids is 1. The number of aryl methyl sites for hydroxylation is 1. The predicted octanol–water partition coefficient (Wildman–Crippen LogP) is 2.06. The summed E-state index contributed by atoms with van der Waals surface area (Å²) < 4.78 is 0. The largest absolute Gasteiger partial charge is 0.334 e. The molecular weight excluding hydrogens is 276 g/mol. The molecule has 1 atom stereocenters. The van der Waals surface area contributed by atoms with Crippen molar-refractivity contribution in [2.75, 3.05) is 19.6 Å². The molecule has 1 N–H and O–H groups in total. The van der Waals surface area contributed by atoms with Crippen LogP contribution in [0.4, 0.5) is 0 Å². The lowest BCUT2D eigenvalue weighted by atomic mass is 10.1. The molecule has 0 unspecified atom stereocenters. The van der Waals surface area contributed by atoms with Gasteiger partial charge in [-0.2, -0.15) is 5.10 Å². The molecule has 0 saturated carbocycles. The summed E-state index contributed by atoms with van der Waals surface area (Å²) in [5.41, 5.74) is 2.75. The zero-order valence-corrected chi connectivity index (χ0v) is 13.1. The molecule has 5 heteroatoms. The van der Waals surface area contributed by atoms with E-state index in [1.54, 1.807) is 0 Å². The third-order valence-electron chi connectivity index (χ3n) is 4.21. The first-order valence-electron chi connectivity index (χ1n) is 7.73. The van der Waals surface area contributed by atoms with Crippen LogP contribution in [-0.2, 0) is 6.54 Å². The molecule has 0 radical (unpaired) electrons. The number of aromatic nitrogens is 2. The normalized spacial score (nSPS) is 19.4. The van der Waals surface area contributed by atoms with Gasteiger partial charge in [0.25, 0.3) is 5.91 Å². The second kappa shape index (κ2) is 6.32. The number of benzene rings is 1. The van der Waals surface area contributed by atoms with E-state index in [2.05, 4.69) is 46.3 Å². The number of hydrogen-bond donors (Lipinski definition) is 1. The van der Waals surface area contributed by atoms with Gasteiger partial charge in [-0.3, -0.25) is 14.8 Å². The molecule has 1 saturated heterocycles. The van der Waals surface area contributed by atoms with Crippen LogP contribution in [0.1, 0.15) is 28.7 Å². The minimum atomic E-state index is 0.0237. The summed E-state index contributed by atoms with van der Waals surface area (Å²) in [7, 11) is 0. The molecule has 116 valence electrons. The Bertz CT molecular complexity index is 637. The highest BCUT2D eigenvalue weighted by atomic mass is 16.2. The number of amides is 1. The van der Waals surface area contributed by atoms with Gasteiger partial charge in [0.2, 0.25) is 0 Å². The maximum absolute atomic E-state index is 12.4. The standard InChI is InChI=1S/C17H22N4O/c1-13-10-16(19-18-13)17(22)21-9-8-20(14(2)11-21)12-15-6-4-3-5-7-15/h3-7,10,14H,8-9,11-12H2,1-2H3,(H,18,19)/t14-/m1/s1. The van der Waals surface area contributed by atoms with E-state index >= 15 is 0 Å². The molecule has 3 rings (SSSR count). The second-order valence-electron chi connectivity index (χ2n) is 5.99. The summed E-state index contributed by atoms with van der Waals surface area (Å²) in [5.74, 6) is 0.0237. The first kappa shape index (κ1) is 14.8. The first-order chi connectivity index (χ1) is 10.6. The predicted molar refractivity (Wildman–Crippen MR) is 85.5 cm³/mol. The third-order valence-corrected chi connectivity index (χ3v) is 4.21. The van der Waals surface area contributed by atoms with Crippen molar-refractivity contribution in [1.29, 1.82) is 0 Å². The van der Waals surface area contributed by atoms with Crippen molar-refractivity contribution in [3.05, 3.63) is 53.3 Å². The van der Waals surface area contributed by atoms with Crippen LogP contribution in [-0.4, -0.2) is 51.6 Å². The maximum Gasteiger partial charge on any atom is 0.274 e. The molecule has 0 aliphatic carbocycles. The molecule has 2 aromatic rings. The zero-order chi connectivity index (χ0) is 15.5. The lowest BCUT2D eigenvalue weighted by Gasteiger charge is -2.39. The number of nitrogens with one attached hydrogen (secondary N) is 1. The first-order valence-corrected chi connectivity index (χ1v) is 7.73. The van der Waals surface area contributed by atoms with Crippen LogP contribution in [0.25, 0.3) is 0 Å². The molecule has 1 fully saturated rings. The van der Waals surface area contributed by atoms with Gasteiger partial charge in [0, 0.05) is 37.9 Å². The summed E-state index contributed by atoms with van der Waals surface area (Å²) in [5, 5.41) is 6.91. The minimum Gasteiger partial charge on any atom is -0.334 e. The zero-order valence-electron chi connectivity index (χ0n) is 13.1. The van der Waals surface area contributed by atoms with Crippen LogP contribution >= 0.6 is 0 Å². The fraction of sp³-hybridized carbons (Fsp3) is 0.412. The van der Waals surface area contributed by atoms with Crippen molar-refractivity contribution in [1.82, 2.24) is 20.0 Å². The van der Waals surface area contributed by atoms with Crippen LogP contribution in [0.15, 0.2) is 36.4 Å². The van der Waals surface area contributed by atoms with Crippen LogP contribution < -0.4 is 0 Å². The third kappa shape index (κ3) is 3.20. The van der Waals surface area contributed by atoms with Crippen molar-refractivity contribution in [3.8, 4) is 0 Å². The number of H-pyrrole nitrogens is 1. The van der Waals surface area contributed by atoms with E-state index in [0.717, 1.165) is 31.9 Å². The Morgan fingerprint density at radius 2 is 2.09 bits per heavy atom. The molecule has 1 aliphatic rings. The summed E-state index contributed by atoms with van der Waals surface area (Å²) in [6.45, 7) is 7.42. The molecule has 0 bridgehead atoms. The van der Waals surface area contributed by atoms with E-state index in [4.69, 9.17) is 0 Å². The Hall–Kier alpha value is -2.14. The summed E-state index contributed by atoms with van der Waals surface area (Å²) >= 11 is 0. The molecular formula is C17H22N4O. The highest BCUT2D eigenvalue weighted by Crippen LogP contribution is 2.15. The van der Waals surface area contributed by atoms with E-state index in [0.29, 0.717) is 11.7 Å². The topological polar surface area (TPSA) is 52.2 Å². The van der Waals surface area contributed by atoms with Crippen LogP contribution in [0, 0.1) is 6.92 Å². The lowest BCUT2D eigenvalue weighted by molar-refractivity contribution is 0.0490. The number of aromatic amines is 1. The van der Waals surface area contributed by atoms with E-state index < -0.39 is 0 Å². The van der Waals surface area contributed by atoms with Crippen molar-refractivity contribution >= 4 is 5.91 Å². The van der Waals surface area contributed by atoms with Crippen LogP contribution in [0.2, 0.25) is 0 Å². The number of carbonyl (C=O) groups is 1. The van der Waals surface area contributed by atoms with Gasteiger partial charge in [-0.05, 0) is 25.5 Å². The quantitative estimate of drug-likeness (QED) is 0.943. The van der Waals surface area contributed by atoms with Gasteiger partial charge in [-0.25, -0.2) is 0 Å². The number of piperazine rings is 1. The molecule has 1 aliphatic heterocycles. The van der Waals surface area contributed by atoms with Gasteiger partial charge < -0.3 is 4.90 Å². The molecule has 22 heavy (non-hydrogen) atoms. The van der Waals surface area contributed by atoms with Crippen molar-refractivity contribution in [3.63, 3.8) is 0 Å². The van der Waals surface area contributed by atoms with Crippen molar-refractivity contribution < 1.29 is 4.79 Å². The maximum atomic E-state index is 12.4. The van der Waals surface area contributed by atoms with E-state index in [9.17, 15) is 4.79 Å². The Labute approximate surface area is 130 Å². The molecule has 1 amide bonds. The van der Waals surface area contributed by atoms with Gasteiger partial charge in [0.1, 0.15) is 5.69 Å². The summed E-state index contributed by atoms with van der Waals surface area (Å²) in [6.07, 6.45) is 0. The number of rotatable bonds is 3. The fourth-order valence-electron chi connectivity index (χ4n) is 2.92. The highest BCUT2D eigenvalue weighted by Gasteiger charge is 2.28. The monoisotopic (exact) mass is 298 g/mol. The molecule has 1 aromatic heterocycles. The van der Waals surface area contributed by atoms with E-state index in [-0.39, 0.29) is 5.91 Å². The Kier molecular flexibility index (Phi) is 4.24. The molecule has 5 nitrogen and oxygen atoms in total. The van der Waals surface area contributed by atoms with Gasteiger partial charge in [-0.1, -0.05) is 30.3 Å². The lowest BCUT2D eigenvalue weighted by Crippen LogP contribution is -2.53. The van der Waals surface area contributed by atoms with Gasteiger partial charge >= 0.3 is 0 Å². The SMILES string of the molecule is Cc1cc(C(=O)N2CCN(Cc3ccccc3)[C@H](C)C2)n[nH]1. The molecule has 2 heterocycles. The number of nitrogens with zero attached hydrogens (tertiary/aromatic N) is 3. The highest BCUT2D eigenvalue weighted by molar-refractivity contribution is 5.92. The van der Waals surface area contributed by atoms with Gasteiger partial charge in [-0.15, -0.1) is 0 Å². The van der Waals surface area contributed by atoms with Crippen molar-refractivity contribution in [2.45, 2.75) is 26.4 Å². The summed E-state index contributed by atoms with van der Waals surface area (Å²) in [4.78, 5) is 16.8. The van der Waals surface area contributed by atoms with E-state index in [1.807, 2.05) is 24.0 Å². The summed E-state index contributed by atoms with van der Waals surface area (Å²) in [6, 6.07) is 12.6. The van der Waals surface area contributed by atoms with Crippen LogP contribution in [0.3, 0.4) is 0 Å². The van der Waals surface area contributed by atoms with E-state index in [1.165, 1.54) is 5.56 Å². The van der Waals surface area contributed by atoms with Crippen molar-refractivity contribution in [2.24, 2.45) is 0 Å². The average Bonchev–Trinajstić information content (AvgIpc) is 2.96. The Balaban J connectivity index is 1.61. The van der Waals surface area contributed by atoms with Crippen LogP contribution in [0.5, 0.6) is 0 Å². The van der Waals surface area contributed by atoms with Gasteiger partial charge in [0.15, 0.2) is 0 Å². The fourth-order valence-corrected chi connectivity index (χ4v) is 2.92. The Morgan fingerprint density at radius 1 is 1.32 bits per heavy atom. The number of hydrogen-bond acceptors (Lipinski definition) is 3. The smallest absolute Gasteiger partial charge is 0.274 e. The average molecular weight is 298 g/mol. The second-order valence-corrected chi connectivity index (χ2v) is 5.99. The van der Waals surface area contributed by atoms with Gasteiger partial charge in [0.05, 0.1) is 0 Å². The minimum absolute atomic E-state index is 0.0237. The molecule has 1 aromatic carbocycles.